The molecule has 0 bridgehead atoms. The molecule has 0 heterocycles. The average Bonchev–Trinajstić information content (AvgIpc) is 2.25. The van der Waals surface area contributed by atoms with E-state index < -0.39 is 0 Å². The van der Waals surface area contributed by atoms with Crippen LogP contribution in [-0.4, -0.2) is 0 Å². The predicted octanol–water partition coefficient (Wildman–Crippen LogP) is 4.32. The van der Waals surface area contributed by atoms with Crippen molar-refractivity contribution in [3.05, 3.63) is 35.4 Å². The molecule has 0 amide bonds. The van der Waals surface area contributed by atoms with Crippen molar-refractivity contribution in [2.75, 3.05) is 0 Å². The number of hydrogen-bond donors (Lipinski definition) is 1. The van der Waals surface area contributed by atoms with Crippen LogP contribution in [0, 0.1) is 11.8 Å². The summed E-state index contributed by atoms with van der Waals surface area (Å²) in [5, 5.41) is 0. The van der Waals surface area contributed by atoms with Gasteiger partial charge in [-0.3, -0.25) is 0 Å². The molecule has 96 valence electrons. The Bertz CT molecular complexity index is 328. The van der Waals surface area contributed by atoms with Crippen molar-refractivity contribution >= 4 is 0 Å². The summed E-state index contributed by atoms with van der Waals surface area (Å²) in [6.07, 6.45) is 3.43. The van der Waals surface area contributed by atoms with E-state index in [9.17, 15) is 0 Å². The van der Waals surface area contributed by atoms with E-state index >= 15 is 0 Å². The fourth-order valence-electron chi connectivity index (χ4n) is 2.10. The van der Waals surface area contributed by atoms with Crippen LogP contribution in [0.25, 0.3) is 0 Å². The van der Waals surface area contributed by atoms with Crippen molar-refractivity contribution in [1.29, 1.82) is 0 Å². The maximum atomic E-state index is 6.24. The lowest BCUT2D eigenvalue weighted by Gasteiger charge is -2.15. The molecule has 0 aliphatic carbocycles. The van der Waals surface area contributed by atoms with Crippen LogP contribution in [-0.2, 0) is 6.42 Å². The van der Waals surface area contributed by atoms with Gasteiger partial charge >= 0.3 is 0 Å². The minimum absolute atomic E-state index is 0.199. The highest BCUT2D eigenvalue weighted by atomic mass is 14.6. The second-order valence-corrected chi connectivity index (χ2v) is 5.92. The van der Waals surface area contributed by atoms with Gasteiger partial charge in [0, 0.05) is 6.04 Å². The van der Waals surface area contributed by atoms with Gasteiger partial charge in [0.1, 0.15) is 0 Å². The Morgan fingerprint density at radius 2 is 1.71 bits per heavy atom. The molecule has 0 saturated heterocycles. The second-order valence-electron chi connectivity index (χ2n) is 5.92. The topological polar surface area (TPSA) is 26.0 Å². The highest BCUT2D eigenvalue weighted by molar-refractivity contribution is 5.26. The van der Waals surface area contributed by atoms with E-state index in [-0.39, 0.29) is 6.04 Å². The summed E-state index contributed by atoms with van der Waals surface area (Å²) in [6, 6.07) is 8.99. The van der Waals surface area contributed by atoms with Gasteiger partial charge in [0.25, 0.3) is 0 Å². The van der Waals surface area contributed by atoms with Crippen molar-refractivity contribution in [1.82, 2.24) is 0 Å². The third kappa shape index (κ3) is 5.36. The fraction of sp³-hybridized carbons (Fsp3) is 0.625. The van der Waals surface area contributed by atoms with E-state index in [1.54, 1.807) is 0 Å². The fourth-order valence-corrected chi connectivity index (χ4v) is 2.10. The lowest BCUT2D eigenvalue weighted by atomic mass is 9.95. The van der Waals surface area contributed by atoms with E-state index in [2.05, 4.69) is 52.0 Å². The van der Waals surface area contributed by atoms with Crippen LogP contribution >= 0.6 is 0 Å². The molecule has 1 rings (SSSR count). The van der Waals surface area contributed by atoms with E-state index in [0.717, 1.165) is 18.8 Å². The average molecular weight is 233 g/mol. The molecule has 0 aliphatic heterocycles. The van der Waals surface area contributed by atoms with Crippen molar-refractivity contribution in [2.24, 2.45) is 17.6 Å². The van der Waals surface area contributed by atoms with Gasteiger partial charge in [0.05, 0.1) is 0 Å². The molecule has 0 spiro atoms. The van der Waals surface area contributed by atoms with Gasteiger partial charge < -0.3 is 5.73 Å². The largest absolute Gasteiger partial charge is 0.324 e. The number of hydrogen-bond acceptors (Lipinski definition) is 1. The van der Waals surface area contributed by atoms with Crippen LogP contribution in [0.5, 0.6) is 0 Å². The van der Waals surface area contributed by atoms with Crippen LogP contribution in [0.2, 0.25) is 0 Å². The molecule has 0 saturated carbocycles. The normalized spacial score (nSPS) is 13.4. The number of benzene rings is 1. The first-order valence-electron chi connectivity index (χ1n) is 6.83. The van der Waals surface area contributed by atoms with E-state index in [0.29, 0.717) is 5.92 Å². The van der Waals surface area contributed by atoms with Crippen molar-refractivity contribution < 1.29 is 0 Å². The van der Waals surface area contributed by atoms with Crippen LogP contribution in [0.15, 0.2) is 24.3 Å². The van der Waals surface area contributed by atoms with Crippen molar-refractivity contribution in [3.8, 4) is 0 Å². The highest BCUT2D eigenvalue weighted by Crippen LogP contribution is 2.20. The van der Waals surface area contributed by atoms with Gasteiger partial charge in [-0.2, -0.15) is 0 Å². The first kappa shape index (κ1) is 14.2. The zero-order valence-corrected chi connectivity index (χ0v) is 11.7. The minimum atomic E-state index is 0.199. The molecule has 1 aromatic rings. The maximum absolute atomic E-state index is 6.24. The minimum Gasteiger partial charge on any atom is -0.324 e. The molecule has 1 unspecified atom stereocenters. The van der Waals surface area contributed by atoms with Gasteiger partial charge in [-0.25, -0.2) is 0 Å². The first-order chi connectivity index (χ1) is 7.99. The summed E-state index contributed by atoms with van der Waals surface area (Å²) in [7, 11) is 0. The molecule has 1 aromatic carbocycles. The van der Waals surface area contributed by atoms with E-state index in [4.69, 9.17) is 5.73 Å². The molecule has 17 heavy (non-hydrogen) atoms. The zero-order valence-electron chi connectivity index (χ0n) is 11.7. The zero-order chi connectivity index (χ0) is 12.8. The lowest BCUT2D eigenvalue weighted by molar-refractivity contribution is 0.507. The Balaban J connectivity index is 2.63. The van der Waals surface area contributed by atoms with E-state index in [1.807, 2.05) is 0 Å². The maximum Gasteiger partial charge on any atom is 0.0295 e. The molecule has 2 N–H and O–H groups in total. The Morgan fingerprint density at radius 3 is 2.29 bits per heavy atom. The van der Waals surface area contributed by atoms with Crippen LogP contribution < -0.4 is 5.73 Å². The Kier molecular flexibility index (Phi) is 5.70. The summed E-state index contributed by atoms with van der Waals surface area (Å²) < 4.78 is 0. The standard InChI is InChI=1S/C16H27N/c1-12(2)8-9-16(17)15-7-5-6-14(11-15)10-13(3)4/h5-7,11-13,16H,8-10,17H2,1-4H3. The number of rotatable bonds is 6. The Morgan fingerprint density at radius 1 is 1.00 bits per heavy atom. The van der Waals surface area contributed by atoms with Crippen molar-refractivity contribution in [3.63, 3.8) is 0 Å². The number of nitrogens with two attached hydrogens (primary N) is 1. The quantitative estimate of drug-likeness (QED) is 0.778. The Labute approximate surface area is 106 Å². The van der Waals surface area contributed by atoms with Gasteiger partial charge in [0.2, 0.25) is 0 Å². The lowest BCUT2D eigenvalue weighted by Crippen LogP contribution is -2.11. The molecular weight excluding hydrogens is 206 g/mol. The van der Waals surface area contributed by atoms with Gasteiger partial charge in [-0.1, -0.05) is 52.0 Å². The third-order valence-electron chi connectivity index (χ3n) is 3.08. The summed E-state index contributed by atoms with van der Waals surface area (Å²) in [6.45, 7) is 9.01. The predicted molar refractivity (Wildman–Crippen MR) is 76.0 cm³/mol. The molecule has 0 aliphatic rings. The molecule has 0 fully saturated rings. The smallest absolute Gasteiger partial charge is 0.0295 e. The molecule has 1 nitrogen and oxygen atoms in total. The monoisotopic (exact) mass is 233 g/mol. The SMILES string of the molecule is CC(C)CCC(N)c1cccc(CC(C)C)c1. The third-order valence-corrected chi connectivity index (χ3v) is 3.08. The highest BCUT2D eigenvalue weighted by Gasteiger charge is 2.08. The summed E-state index contributed by atoms with van der Waals surface area (Å²) in [4.78, 5) is 0. The summed E-state index contributed by atoms with van der Waals surface area (Å²) in [5.74, 6) is 1.44. The second kappa shape index (κ2) is 6.80. The molecular formula is C16H27N. The summed E-state index contributed by atoms with van der Waals surface area (Å²) >= 11 is 0. The van der Waals surface area contributed by atoms with Gasteiger partial charge in [0.15, 0.2) is 0 Å². The Hall–Kier alpha value is -0.820. The van der Waals surface area contributed by atoms with E-state index in [1.165, 1.54) is 17.5 Å². The van der Waals surface area contributed by atoms with Crippen molar-refractivity contribution in [2.45, 2.75) is 53.0 Å². The van der Waals surface area contributed by atoms with Gasteiger partial charge in [-0.15, -0.1) is 0 Å². The van der Waals surface area contributed by atoms with Crippen LogP contribution in [0.3, 0.4) is 0 Å². The first-order valence-corrected chi connectivity index (χ1v) is 6.83. The van der Waals surface area contributed by atoms with Crippen LogP contribution in [0.4, 0.5) is 0 Å². The molecule has 0 aromatic heterocycles. The molecule has 1 atom stereocenters. The molecule has 0 radical (unpaired) electrons. The van der Waals surface area contributed by atoms with Gasteiger partial charge in [-0.05, 0) is 42.2 Å². The molecule has 1 heteroatoms. The van der Waals surface area contributed by atoms with Crippen LogP contribution in [0.1, 0.15) is 57.7 Å². The summed E-state index contributed by atoms with van der Waals surface area (Å²) in [5.41, 5.74) is 8.95.